The zero-order valence-electron chi connectivity index (χ0n) is 19.8. The largest absolute Gasteiger partial charge is 0.0766 e. The molecule has 3 aromatic rings. The molecule has 0 spiro atoms. The monoisotopic (exact) mass is 406 g/mol. The van der Waals surface area contributed by atoms with Crippen molar-refractivity contribution in [1.82, 2.24) is 0 Å². The van der Waals surface area contributed by atoms with Crippen molar-refractivity contribution in [3.8, 4) is 0 Å². The molecule has 0 N–H and O–H groups in total. The minimum absolute atomic E-state index is 0.138. The van der Waals surface area contributed by atoms with Crippen LogP contribution in [-0.2, 0) is 5.41 Å². The number of rotatable bonds is 4. The van der Waals surface area contributed by atoms with Crippen molar-refractivity contribution >= 4 is 0 Å². The van der Waals surface area contributed by atoms with Gasteiger partial charge < -0.3 is 0 Å². The van der Waals surface area contributed by atoms with Gasteiger partial charge in [-0.2, -0.15) is 0 Å². The molecule has 0 nitrogen and oxygen atoms in total. The van der Waals surface area contributed by atoms with E-state index < -0.39 is 0 Å². The smallest absolute Gasteiger partial charge is 0.0667 e. The summed E-state index contributed by atoms with van der Waals surface area (Å²) in [6.07, 6.45) is 5.89. The van der Waals surface area contributed by atoms with E-state index in [-0.39, 0.29) is 10.8 Å². The predicted octanol–water partition coefficient (Wildman–Crippen LogP) is 8.25. The Morgan fingerprint density at radius 2 is 1.03 bits per heavy atom. The van der Waals surface area contributed by atoms with Crippen LogP contribution in [0.2, 0.25) is 0 Å². The summed E-state index contributed by atoms with van der Waals surface area (Å²) in [6.45, 7) is 13.5. The Hall–Kier alpha value is -2.86. The molecule has 0 saturated carbocycles. The summed E-state index contributed by atoms with van der Waals surface area (Å²) in [5.74, 6) is 0. The fraction of sp³-hybridized carbons (Fsp3) is 0.290. The maximum Gasteiger partial charge on any atom is 0.0667 e. The zero-order chi connectivity index (χ0) is 22.2. The molecule has 4 rings (SSSR count). The van der Waals surface area contributed by atoms with E-state index in [2.05, 4.69) is 126 Å². The van der Waals surface area contributed by atoms with Gasteiger partial charge in [0.1, 0.15) is 0 Å². The molecule has 158 valence electrons. The molecule has 1 aliphatic rings. The van der Waals surface area contributed by atoms with Gasteiger partial charge in [-0.15, -0.1) is 0 Å². The summed E-state index contributed by atoms with van der Waals surface area (Å²) in [7, 11) is 0. The van der Waals surface area contributed by atoms with E-state index in [0.717, 1.165) is 6.42 Å². The van der Waals surface area contributed by atoms with Crippen molar-refractivity contribution in [1.29, 1.82) is 0 Å². The van der Waals surface area contributed by atoms with Gasteiger partial charge in [-0.1, -0.05) is 122 Å². The molecule has 0 aliphatic heterocycles. The minimum Gasteiger partial charge on any atom is -0.0766 e. The standard InChI is InChI=1S/C31H34/c1-22-10-7-13-26(18-22)31(27-14-8-11-23(2)19-27,28-15-9-12-24(3)20-28)29-17-16-25(21-29)30(4,5)6/h7-16,18-21H,17H2,1-6H3. The van der Waals surface area contributed by atoms with Crippen LogP contribution in [0.5, 0.6) is 0 Å². The highest BCUT2D eigenvalue weighted by Crippen LogP contribution is 2.50. The summed E-state index contributed by atoms with van der Waals surface area (Å²) in [4.78, 5) is 0. The van der Waals surface area contributed by atoms with Crippen molar-refractivity contribution in [3.05, 3.63) is 129 Å². The van der Waals surface area contributed by atoms with Gasteiger partial charge in [0.2, 0.25) is 0 Å². The third-order valence-electron chi connectivity index (χ3n) is 6.57. The lowest BCUT2D eigenvalue weighted by Gasteiger charge is -2.38. The molecule has 0 radical (unpaired) electrons. The molecule has 0 atom stereocenters. The van der Waals surface area contributed by atoms with Crippen molar-refractivity contribution < 1.29 is 0 Å². The molecule has 0 unspecified atom stereocenters. The van der Waals surface area contributed by atoms with Crippen LogP contribution in [0.4, 0.5) is 0 Å². The first kappa shape index (κ1) is 21.4. The molecule has 3 aromatic carbocycles. The van der Waals surface area contributed by atoms with Crippen LogP contribution in [0.1, 0.15) is 60.6 Å². The first-order chi connectivity index (χ1) is 14.7. The highest BCUT2D eigenvalue weighted by Gasteiger charge is 2.41. The van der Waals surface area contributed by atoms with Gasteiger partial charge in [-0.05, 0) is 60.4 Å². The number of allylic oxidation sites excluding steroid dienone is 4. The van der Waals surface area contributed by atoms with Gasteiger partial charge in [0.15, 0.2) is 0 Å². The van der Waals surface area contributed by atoms with Crippen LogP contribution >= 0.6 is 0 Å². The number of aryl methyl sites for hydroxylation is 3. The van der Waals surface area contributed by atoms with E-state index in [1.54, 1.807) is 0 Å². The van der Waals surface area contributed by atoms with E-state index in [0.29, 0.717) is 0 Å². The second-order valence-corrected chi connectivity index (χ2v) is 10.1. The fourth-order valence-corrected chi connectivity index (χ4v) is 5.00. The Morgan fingerprint density at radius 1 is 0.613 bits per heavy atom. The van der Waals surface area contributed by atoms with Crippen molar-refractivity contribution in [2.24, 2.45) is 5.41 Å². The molecular formula is C31H34. The summed E-state index contributed by atoms with van der Waals surface area (Å²) in [6, 6.07) is 27.3. The van der Waals surface area contributed by atoms with Gasteiger partial charge >= 0.3 is 0 Å². The van der Waals surface area contributed by atoms with Crippen LogP contribution in [0, 0.1) is 26.2 Å². The molecule has 0 saturated heterocycles. The van der Waals surface area contributed by atoms with E-state index in [4.69, 9.17) is 0 Å². The molecule has 0 bridgehead atoms. The van der Waals surface area contributed by atoms with E-state index in [1.165, 1.54) is 44.5 Å². The lowest BCUT2D eigenvalue weighted by atomic mass is 9.63. The molecule has 0 heteroatoms. The van der Waals surface area contributed by atoms with Crippen LogP contribution in [-0.4, -0.2) is 0 Å². The highest BCUT2D eigenvalue weighted by molar-refractivity contribution is 5.62. The normalized spacial score (nSPS) is 14.4. The number of hydrogen-bond acceptors (Lipinski definition) is 0. The van der Waals surface area contributed by atoms with Crippen LogP contribution in [0.15, 0.2) is 96.1 Å². The molecule has 0 aromatic heterocycles. The van der Waals surface area contributed by atoms with E-state index in [1.807, 2.05) is 0 Å². The second-order valence-electron chi connectivity index (χ2n) is 10.1. The van der Waals surface area contributed by atoms with Gasteiger partial charge in [0, 0.05) is 0 Å². The fourth-order valence-electron chi connectivity index (χ4n) is 5.00. The Labute approximate surface area is 188 Å². The quantitative estimate of drug-likeness (QED) is 0.383. The maximum absolute atomic E-state index is 2.48. The summed E-state index contributed by atoms with van der Waals surface area (Å²) >= 11 is 0. The Bertz CT molecular complexity index is 1050. The first-order valence-corrected chi connectivity index (χ1v) is 11.3. The average molecular weight is 407 g/mol. The highest BCUT2D eigenvalue weighted by atomic mass is 14.4. The maximum atomic E-state index is 2.48. The molecule has 0 heterocycles. The molecule has 0 amide bonds. The molecular weight excluding hydrogens is 372 g/mol. The Kier molecular flexibility index (Phi) is 5.52. The van der Waals surface area contributed by atoms with Gasteiger partial charge in [0.05, 0.1) is 5.41 Å². The number of benzene rings is 3. The average Bonchev–Trinajstić information content (AvgIpc) is 3.20. The Morgan fingerprint density at radius 3 is 1.35 bits per heavy atom. The van der Waals surface area contributed by atoms with Crippen molar-refractivity contribution in [2.75, 3.05) is 0 Å². The van der Waals surface area contributed by atoms with Crippen LogP contribution in [0.25, 0.3) is 0 Å². The van der Waals surface area contributed by atoms with Gasteiger partial charge in [-0.3, -0.25) is 0 Å². The second kappa shape index (κ2) is 8.00. The zero-order valence-corrected chi connectivity index (χ0v) is 19.8. The lowest BCUT2D eigenvalue weighted by Crippen LogP contribution is -2.32. The van der Waals surface area contributed by atoms with E-state index >= 15 is 0 Å². The van der Waals surface area contributed by atoms with Crippen LogP contribution in [0.3, 0.4) is 0 Å². The minimum atomic E-state index is -0.312. The predicted molar refractivity (Wildman–Crippen MR) is 134 cm³/mol. The van der Waals surface area contributed by atoms with E-state index in [9.17, 15) is 0 Å². The van der Waals surface area contributed by atoms with Gasteiger partial charge in [-0.25, -0.2) is 0 Å². The third-order valence-corrected chi connectivity index (χ3v) is 6.57. The molecule has 0 fully saturated rings. The summed E-state index contributed by atoms with van der Waals surface area (Å²) in [5.41, 5.74) is 10.6. The third kappa shape index (κ3) is 3.92. The van der Waals surface area contributed by atoms with Crippen molar-refractivity contribution in [3.63, 3.8) is 0 Å². The number of hydrogen-bond donors (Lipinski definition) is 0. The molecule has 1 aliphatic carbocycles. The lowest BCUT2D eigenvalue weighted by molar-refractivity contribution is 0.517. The summed E-state index contributed by atoms with van der Waals surface area (Å²) < 4.78 is 0. The SMILES string of the molecule is Cc1cccc(C(C2=CC(C(C)(C)C)=CC2)(c2cccc(C)c2)c2cccc(C)c2)c1. The van der Waals surface area contributed by atoms with Crippen molar-refractivity contribution in [2.45, 2.75) is 53.4 Å². The Balaban J connectivity index is 2.10. The van der Waals surface area contributed by atoms with Gasteiger partial charge in [0.25, 0.3) is 0 Å². The first-order valence-electron chi connectivity index (χ1n) is 11.3. The molecule has 31 heavy (non-hydrogen) atoms. The van der Waals surface area contributed by atoms with Crippen LogP contribution < -0.4 is 0 Å². The summed E-state index contributed by atoms with van der Waals surface area (Å²) in [5, 5.41) is 0. The topological polar surface area (TPSA) is 0 Å².